The van der Waals surface area contributed by atoms with Gasteiger partial charge in [0, 0.05) is 11.4 Å². The van der Waals surface area contributed by atoms with Gasteiger partial charge in [0.15, 0.2) is 0 Å². The van der Waals surface area contributed by atoms with Gasteiger partial charge >= 0.3 is 0 Å². The van der Waals surface area contributed by atoms with Crippen molar-refractivity contribution < 1.29 is 12.8 Å². The topological polar surface area (TPSA) is 46.2 Å². The van der Waals surface area contributed by atoms with Crippen molar-refractivity contribution >= 4 is 21.6 Å². The van der Waals surface area contributed by atoms with E-state index in [1.165, 1.54) is 18.2 Å². The number of rotatable bonds is 5. The third-order valence-corrected chi connectivity index (χ3v) is 4.79. The number of alkyl halides is 1. The average Bonchev–Trinajstić information content (AvgIpc) is 2.28. The molecule has 0 saturated heterocycles. The van der Waals surface area contributed by atoms with E-state index < -0.39 is 21.4 Å². The first-order valence-corrected chi connectivity index (χ1v) is 7.20. The fourth-order valence-electron chi connectivity index (χ4n) is 1.21. The molecule has 1 aromatic carbocycles. The van der Waals surface area contributed by atoms with E-state index in [0.29, 0.717) is 6.42 Å². The molecule has 0 spiro atoms. The maximum Gasteiger partial charge on any atom is 0.241 e. The lowest BCUT2D eigenvalue weighted by atomic mass is 10.0. The minimum absolute atomic E-state index is 0.0951. The van der Waals surface area contributed by atoms with Crippen molar-refractivity contribution in [2.24, 2.45) is 0 Å². The lowest BCUT2D eigenvalue weighted by molar-refractivity contribution is 0.444. The van der Waals surface area contributed by atoms with Gasteiger partial charge in [0.05, 0.1) is 4.90 Å². The summed E-state index contributed by atoms with van der Waals surface area (Å²) in [5.41, 5.74) is -0.729. The van der Waals surface area contributed by atoms with Crippen molar-refractivity contribution in [3.05, 3.63) is 30.1 Å². The van der Waals surface area contributed by atoms with Crippen molar-refractivity contribution in [2.75, 3.05) is 5.88 Å². The van der Waals surface area contributed by atoms with Crippen LogP contribution in [0.25, 0.3) is 0 Å². The Bertz CT molecular complexity index is 486. The van der Waals surface area contributed by atoms with Gasteiger partial charge in [0.2, 0.25) is 10.0 Å². The van der Waals surface area contributed by atoms with Crippen LogP contribution in [0.5, 0.6) is 0 Å². The van der Waals surface area contributed by atoms with Crippen LogP contribution in [0.2, 0.25) is 0 Å². The van der Waals surface area contributed by atoms with Crippen LogP contribution >= 0.6 is 11.6 Å². The standard InChI is InChI=1S/C11H15ClFNO2S/c1-3-11(2,8-12)14-17(15,16)10-6-4-5-9(13)7-10/h4-7,14H,3,8H2,1-2H3. The molecule has 0 saturated carbocycles. The smallest absolute Gasteiger partial charge is 0.207 e. The Hall–Kier alpha value is -0.650. The molecule has 17 heavy (non-hydrogen) atoms. The quantitative estimate of drug-likeness (QED) is 0.842. The number of sulfonamides is 1. The second kappa shape index (κ2) is 5.33. The molecule has 0 aliphatic carbocycles. The van der Waals surface area contributed by atoms with E-state index in [0.717, 1.165) is 6.07 Å². The molecule has 96 valence electrons. The van der Waals surface area contributed by atoms with Gasteiger partial charge in [0.1, 0.15) is 5.82 Å². The zero-order valence-corrected chi connectivity index (χ0v) is 11.3. The first kappa shape index (κ1) is 14.4. The fraction of sp³-hybridized carbons (Fsp3) is 0.455. The summed E-state index contributed by atoms with van der Waals surface area (Å²) >= 11 is 5.73. The van der Waals surface area contributed by atoms with E-state index >= 15 is 0 Å². The highest BCUT2D eigenvalue weighted by Crippen LogP contribution is 2.17. The number of hydrogen-bond donors (Lipinski definition) is 1. The second-order valence-electron chi connectivity index (χ2n) is 4.11. The Morgan fingerprint density at radius 1 is 1.47 bits per heavy atom. The Labute approximate surface area is 106 Å². The number of hydrogen-bond acceptors (Lipinski definition) is 2. The molecular formula is C11H15ClFNO2S. The van der Waals surface area contributed by atoms with Crippen molar-refractivity contribution in [3.8, 4) is 0 Å². The van der Waals surface area contributed by atoms with Crippen LogP contribution in [0, 0.1) is 5.82 Å². The lowest BCUT2D eigenvalue weighted by Gasteiger charge is -2.26. The van der Waals surface area contributed by atoms with E-state index in [1.54, 1.807) is 6.92 Å². The molecule has 1 aromatic rings. The summed E-state index contributed by atoms with van der Waals surface area (Å²) in [7, 11) is -3.74. The molecule has 0 amide bonds. The van der Waals surface area contributed by atoms with Crippen LogP contribution in [0.1, 0.15) is 20.3 Å². The average molecular weight is 280 g/mol. The fourth-order valence-corrected chi connectivity index (χ4v) is 3.06. The third kappa shape index (κ3) is 3.66. The monoisotopic (exact) mass is 279 g/mol. The summed E-state index contributed by atoms with van der Waals surface area (Å²) in [5, 5.41) is 0. The predicted molar refractivity (Wildman–Crippen MR) is 66.1 cm³/mol. The van der Waals surface area contributed by atoms with Gasteiger partial charge in [-0.25, -0.2) is 17.5 Å². The van der Waals surface area contributed by atoms with E-state index in [4.69, 9.17) is 11.6 Å². The van der Waals surface area contributed by atoms with Crippen molar-refractivity contribution in [2.45, 2.75) is 30.7 Å². The Morgan fingerprint density at radius 3 is 2.59 bits per heavy atom. The van der Waals surface area contributed by atoms with Crippen LogP contribution in [0.3, 0.4) is 0 Å². The third-order valence-electron chi connectivity index (χ3n) is 2.56. The van der Waals surface area contributed by atoms with Crippen molar-refractivity contribution in [3.63, 3.8) is 0 Å². The zero-order chi connectivity index (χ0) is 13.1. The first-order valence-electron chi connectivity index (χ1n) is 5.18. The summed E-state index contributed by atoms with van der Waals surface area (Å²) in [6, 6.07) is 4.87. The predicted octanol–water partition coefficient (Wildman–Crippen LogP) is 2.51. The molecule has 0 bridgehead atoms. The Kier molecular flexibility index (Phi) is 4.52. The van der Waals surface area contributed by atoms with Crippen LogP contribution in [-0.2, 0) is 10.0 Å². The molecule has 1 atom stereocenters. The minimum Gasteiger partial charge on any atom is -0.207 e. The first-order chi connectivity index (χ1) is 7.83. The molecule has 1 rings (SSSR count). The maximum absolute atomic E-state index is 13.0. The van der Waals surface area contributed by atoms with Gasteiger partial charge in [-0.05, 0) is 31.5 Å². The summed E-state index contributed by atoms with van der Waals surface area (Å²) in [5.74, 6) is -0.435. The summed E-state index contributed by atoms with van der Waals surface area (Å²) in [6.45, 7) is 3.54. The molecule has 0 aliphatic heterocycles. The van der Waals surface area contributed by atoms with E-state index in [-0.39, 0.29) is 10.8 Å². The molecule has 0 aromatic heterocycles. The van der Waals surface area contributed by atoms with Crippen molar-refractivity contribution in [1.29, 1.82) is 0 Å². The summed E-state index contributed by atoms with van der Waals surface area (Å²) in [4.78, 5) is -0.0951. The lowest BCUT2D eigenvalue weighted by Crippen LogP contribution is -2.46. The molecule has 0 fully saturated rings. The normalized spacial score (nSPS) is 15.5. The second-order valence-corrected chi connectivity index (χ2v) is 6.06. The largest absolute Gasteiger partial charge is 0.241 e. The van der Waals surface area contributed by atoms with Gasteiger partial charge in [-0.3, -0.25) is 0 Å². The van der Waals surface area contributed by atoms with E-state index in [2.05, 4.69) is 4.72 Å². The van der Waals surface area contributed by atoms with Crippen LogP contribution in [0.4, 0.5) is 4.39 Å². The van der Waals surface area contributed by atoms with Gasteiger partial charge in [-0.1, -0.05) is 13.0 Å². The van der Waals surface area contributed by atoms with Crippen LogP contribution in [-0.4, -0.2) is 19.8 Å². The van der Waals surface area contributed by atoms with Gasteiger partial charge < -0.3 is 0 Å². The highest BCUT2D eigenvalue weighted by Gasteiger charge is 2.28. The van der Waals surface area contributed by atoms with Gasteiger partial charge in [0.25, 0.3) is 0 Å². The molecule has 3 nitrogen and oxygen atoms in total. The SMILES string of the molecule is CCC(C)(CCl)NS(=O)(=O)c1cccc(F)c1. The molecule has 0 heterocycles. The molecule has 0 radical (unpaired) electrons. The number of halogens is 2. The molecule has 1 unspecified atom stereocenters. The molecule has 1 N–H and O–H groups in total. The van der Waals surface area contributed by atoms with Crippen LogP contribution < -0.4 is 4.72 Å². The minimum atomic E-state index is -3.74. The maximum atomic E-state index is 13.0. The van der Waals surface area contributed by atoms with Gasteiger partial charge in [-0.2, -0.15) is 0 Å². The van der Waals surface area contributed by atoms with E-state index in [9.17, 15) is 12.8 Å². The number of benzene rings is 1. The number of nitrogens with one attached hydrogen (secondary N) is 1. The molecule has 6 heteroatoms. The zero-order valence-electron chi connectivity index (χ0n) is 9.70. The Balaban J connectivity index is 3.05. The highest BCUT2D eigenvalue weighted by molar-refractivity contribution is 7.89. The Morgan fingerprint density at radius 2 is 2.12 bits per heavy atom. The van der Waals surface area contributed by atoms with Crippen LogP contribution in [0.15, 0.2) is 29.2 Å². The van der Waals surface area contributed by atoms with E-state index in [1.807, 2.05) is 6.92 Å². The van der Waals surface area contributed by atoms with Gasteiger partial charge in [-0.15, -0.1) is 11.6 Å². The molecular weight excluding hydrogens is 265 g/mol. The van der Waals surface area contributed by atoms with Crippen molar-refractivity contribution in [1.82, 2.24) is 4.72 Å². The summed E-state index contributed by atoms with van der Waals surface area (Å²) < 4.78 is 39.4. The summed E-state index contributed by atoms with van der Waals surface area (Å²) in [6.07, 6.45) is 0.547. The molecule has 0 aliphatic rings. The highest BCUT2D eigenvalue weighted by atomic mass is 35.5.